The van der Waals surface area contributed by atoms with E-state index in [0.29, 0.717) is 5.69 Å². The van der Waals surface area contributed by atoms with Crippen LogP contribution in [0.2, 0.25) is 0 Å². The van der Waals surface area contributed by atoms with Crippen molar-refractivity contribution in [2.75, 3.05) is 5.73 Å². The lowest BCUT2D eigenvalue weighted by atomic mass is 10.1. The molecule has 92 valence electrons. The molecule has 0 aromatic carbocycles. The third-order valence-corrected chi connectivity index (χ3v) is 2.42. The SMILES string of the molecule is CC(C)c1cc(N)nc2c(C(F)(F)F)cnn12. The molecule has 0 fully saturated rings. The van der Waals surface area contributed by atoms with Crippen LogP contribution in [0.1, 0.15) is 31.0 Å². The van der Waals surface area contributed by atoms with Crippen molar-refractivity contribution in [1.82, 2.24) is 14.6 Å². The monoisotopic (exact) mass is 244 g/mol. The summed E-state index contributed by atoms with van der Waals surface area (Å²) in [6.45, 7) is 3.70. The number of nitrogen functional groups attached to an aromatic ring is 1. The molecule has 0 bridgehead atoms. The van der Waals surface area contributed by atoms with Crippen molar-refractivity contribution in [1.29, 1.82) is 0 Å². The number of rotatable bonds is 1. The van der Waals surface area contributed by atoms with E-state index in [1.54, 1.807) is 0 Å². The molecule has 0 aliphatic heterocycles. The number of anilines is 1. The molecule has 2 aromatic heterocycles. The van der Waals surface area contributed by atoms with Gasteiger partial charge in [-0.1, -0.05) is 13.8 Å². The summed E-state index contributed by atoms with van der Waals surface area (Å²) in [6.07, 6.45) is -3.70. The molecule has 2 N–H and O–H groups in total. The molecule has 0 radical (unpaired) electrons. The van der Waals surface area contributed by atoms with Crippen molar-refractivity contribution in [3.63, 3.8) is 0 Å². The fourth-order valence-corrected chi connectivity index (χ4v) is 1.62. The Morgan fingerprint density at radius 1 is 1.35 bits per heavy atom. The fraction of sp³-hybridized carbons (Fsp3) is 0.400. The van der Waals surface area contributed by atoms with Crippen molar-refractivity contribution in [3.8, 4) is 0 Å². The predicted molar refractivity (Wildman–Crippen MR) is 56.5 cm³/mol. The minimum absolute atomic E-state index is 0.00350. The van der Waals surface area contributed by atoms with E-state index in [1.807, 2.05) is 13.8 Å². The van der Waals surface area contributed by atoms with Gasteiger partial charge >= 0.3 is 6.18 Å². The van der Waals surface area contributed by atoms with Gasteiger partial charge in [-0.25, -0.2) is 9.50 Å². The molecule has 2 rings (SSSR count). The summed E-state index contributed by atoms with van der Waals surface area (Å²) in [4.78, 5) is 3.70. The zero-order chi connectivity index (χ0) is 12.8. The van der Waals surface area contributed by atoms with Crippen LogP contribution in [0.15, 0.2) is 12.3 Å². The van der Waals surface area contributed by atoms with Crippen molar-refractivity contribution >= 4 is 11.5 Å². The number of hydrogen-bond donors (Lipinski definition) is 1. The number of hydrogen-bond acceptors (Lipinski definition) is 3. The van der Waals surface area contributed by atoms with E-state index in [9.17, 15) is 13.2 Å². The first-order chi connectivity index (χ1) is 7.80. The van der Waals surface area contributed by atoms with E-state index in [2.05, 4.69) is 10.1 Å². The summed E-state index contributed by atoms with van der Waals surface area (Å²) in [5, 5.41) is 3.73. The molecule has 2 aromatic rings. The summed E-state index contributed by atoms with van der Waals surface area (Å²) in [6, 6.07) is 1.53. The number of aromatic nitrogens is 3. The van der Waals surface area contributed by atoms with Gasteiger partial charge in [0.1, 0.15) is 11.4 Å². The largest absolute Gasteiger partial charge is 0.421 e. The van der Waals surface area contributed by atoms with Crippen LogP contribution in [0.25, 0.3) is 5.65 Å². The van der Waals surface area contributed by atoms with Crippen LogP contribution in [0.5, 0.6) is 0 Å². The van der Waals surface area contributed by atoms with Crippen LogP contribution in [-0.4, -0.2) is 14.6 Å². The van der Waals surface area contributed by atoms with Gasteiger partial charge < -0.3 is 5.73 Å². The van der Waals surface area contributed by atoms with Gasteiger partial charge in [0, 0.05) is 6.07 Å². The average molecular weight is 244 g/mol. The lowest BCUT2D eigenvalue weighted by molar-refractivity contribution is -0.136. The van der Waals surface area contributed by atoms with Gasteiger partial charge in [0.05, 0.1) is 11.9 Å². The van der Waals surface area contributed by atoms with Crippen LogP contribution >= 0.6 is 0 Å². The number of fused-ring (bicyclic) bond motifs is 1. The molecular formula is C10H11F3N4. The van der Waals surface area contributed by atoms with Crippen LogP contribution < -0.4 is 5.73 Å². The molecule has 0 saturated heterocycles. The number of halogens is 3. The van der Waals surface area contributed by atoms with Crippen molar-refractivity contribution in [3.05, 3.63) is 23.5 Å². The minimum atomic E-state index is -4.48. The normalized spacial score (nSPS) is 12.6. The van der Waals surface area contributed by atoms with Crippen LogP contribution in [0.4, 0.5) is 19.0 Å². The minimum Gasteiger partial charge on any atom is -0.384 e. The average Bonchev–Trinajstić information content (AvgIpc) is 2.58. The summed E-state index contributed by atoms with van der Waals surface area (Å²) in [5.74, 6) is 0.0657. The molecule has 0 saturated carbocycles. The Hall–Kier alpha value is -1.79. The Labute approximate surface area is 95.3 Å². The second-order valence-corrected chi connectivity index (χ2v) is 4.05. The van der Waals surface area contributed by atoms with E-state index in [1.165, 1.54) is 10.6 Å². The smallest absolute Gasteiger partial charge is 0.384 e. The summed E-state index contributed by atoms with van der Waals surface area (Å²) in [7, 11) is 0. The van der Waals surface area contributed by atoms with E-state index in [0.717, 1.165) is 6.20 Å². The maximum Gasteiger partial charge on any atom is 0.421 e. The molecular weight excluding hydrogens is 233 g/mol. The predicted octanol–water partition coefficient (Wildman–Crippen LogP) is 2.45. The second-order valence-electron chi connectivity index (χ2n) is 4.05. The Morgan fingerprint density at radius 3 is 2.53 bits per heavy atom. The lowest BCUT2D eigenvalue weighted by Gasteiger charge is -2.10. The van der Waals surface area contributed by atoms with E-state index in [-0.39, 0.29) is 17.4 Å². The van der Waals surface area contributed by atoms with Gasteiger partial charge in [-0.3, -0.25) is 0 Å². The Balaban J connectivity index is 2.78. The molecule has 0 spiro atoms. The van der Waals surface area contributed by atoms with Crippen LogP contribution in [-0.2, 0) is 6.18 Å². The highest BCUT2D eigenvalue weighted by Crippen LogP contribution is 2.32. The van der Waals surface area contributed by atoms with E-state index >= 15 is 0 Å². The lowest BCUT2D eigenvalue weighted by Crippen LogP contribution is -2.09. The van der Waals surface area contributed by atoms with Crippen molar-refractivity contribution in [2.45, 2.75) is 25.9 Å². The van der Waals surface area contributed by atoms with Gasteiger partial charge in [-0.05, 0) is 5.92 Å². The topological polar surface area (TPSA) is 56.2 Å². The van der Waals surface area contributed by atoms with E-state index in [4.69, 9.17) is 5.73 Å². The maximum absolute atomic E-state index is 12.7. The fourth-order valence-electron chi connectivity index (χ4n) is 1.62. The summed E-state index contributed by atoms with van der Waals surface area (Å²) in [5.41, 5.74) is 5.00. The van der Waals surface area contributed by atoms with E-state index < -0.39 is 11.7 Å². The molecule has 17 heavy (non-hydrogen) atoms. The van der Waals surface area contributed by atoms with Crippen molar-refractivity contribution in [2.24, 2.45) is 0 Å². The number of nitrogens with two attached hydrogens (primary N) is 1. The molecule has 0 unspecified atom stereocenters. The highest BCUT2D eigenvalue weighted by molar-refractivity contribution is 5.53. The first-order valence-corrected chi connectivity index (χ1v) is 5.02. The molecule has 0 atom stereocenters. The van der Waals surface area contributed by atoms with Gasteiger partial charge in [0.15, 0.2) is 5.65 Å². The third-order valence-electron chi connectivity index (χ3n) is 2.42. The highest BCUT2D eigenvalue weighted by Gasteiger charge is 2.35. The first kappa shape index (κ1) is 11.7. The molecule has 0 aliphatic carbocycles. The Morgan fingerprint density at radius 2 is 2.00 bits per heavy atom. The molecule has 0 amide bonds. The first-order valence-electron chi connectivity index (χ1n) is 5.02. The van der Waals surface area contributed by atoms with Gasteiger partial charge in [-0.2, -0.15) is 18.3 Å². The van der Waals surface area contributed by atoms with Gasteiger partial charge in [-0.15, -0.1) is 0 Å². The third kappa shape index (κ3) is 1.92. The second kappa shape index (κ2) is 3.61. The molecule has 7 heteroatoms. The summed E-state index contributed by atoms with van der Waals surface area (Å²) >= 11 is 0. The zero-order valence-electron chi connectivity index (χ0n) is 9.28. The van der Waals surface area contributed by atoms with Crippen LogP contribution in [0, 0.1) is 0 Å². The molecule has 4 nitrogen and oxygen atoms in total. The Kier molecular flexibility index (Phi) is 2.48. The quantitative estimate of drug-likeness (QED) is 0.838. The standard InChI is InChI=1S/C10H11F3N4/c1-5(2)7-3-8(14)16-9-6(10(11,12)13)4-15-17(7)9/h3-5H,1-2H3,(H2,14,16). The zero-order valence-corrected chi connectivity index (χ0v) is 9.28. The van der Waals surface area contributed by atoms with Crippen molar-refractivity contribution < 1.29 is 13.2 Å². The summed E-state index contributed by atoms with van der Waals surface area (Å²) < 4.78 is 39.2. The maximum atomic E-state index is 12.7. The number of nitrogens with zero attached hydrogens (tertiary/aromatic N) is 3. The van der Waals surface area contributed by atoms with Gasteiger partial charge in [0.25, 0.3) is 0 Å². The van der Waals surface area contributed by atoms with Gasteiger partial charge in [0.2, 0.25) is 0 Å². The van der Waals surface area contributed by atoms with Crippen LogP contribution in [0.3, 0.4) is 0 Å². The molecule has 0 aliphatic rings. The Bertz CT molecular complexity index is 556. The highest BCUT2D eigenvalue weighted by atomic mass is 19.4. The number of alkyl halides is 3. The molecule has 2 heterocycles.